The van der Waals surface area contributed by atoms with Gasteiger partial charge >= 0.3 is 0 Å². The number of halogens is 1. The van der Waals surface area contributed by atoms with Crippen molar-refractivity contribution in [2.45, 2.75) is 46.1 Å². The molecule has 0 radical (unpaired) electrons. The van der Waals surface area contributed by atoms with Gasteiger partial charge in [0.2, 0.25) is 0 Å². The van der Waals surface area contributed by atoms with Crippen molar-refractivity contribution in [3.63, 3.8) is 0 Å². The normalized spacial score (nSPS) is 29.1. The van der Waals surface area contributed by atoms with E-state index < -0.39 is 0 Å². The summed E-state index contributed by atoms with van der Waals surface area (Å²) in [6, 6.07) is 7.13. The molecule has 3 unspecified atom stereocenters. The van der Waals surface area contributed by atoms with Crippen LogP contribution in [0.3, 0.4) is 0 Å². The second-order valence-electron chi connectivity index (χ2n) is 5.57. The highest BCUT2D eigenvalue weighted by molar-refractivity contribution is 9.10. The third-order valence-corrected chi connectivity index (χ3v) is 4.64. The second-order valence-corrected chi connectivity index (χ2v) is 6.48. The molecule has 0 aromatic heterocycles. The van der Waals surface area contributed by atoms with E-state index in [1.165, 1.54) is 30.5 Å². The average Bonchev–Trinajstić information content (AvgIpc) is 2.27. The number of hydrogen-bond donors (Lipinski definition) is 1. The van der Waals surface area contributed by atoms with Crippen LogP contribution in [0.1, 0.15) is 38.7 Å². The van der Waals surface area contributed by atoms with Gasteiger partial charge in [0.1, 0.15) is 0 Å². The summed E-state index contributed by atoms with van der Waals surface area (Å²) in [6.07, 6.45) is 3.96. The largest absolute Gasteiger partial charge is 0.382 e. The molecule has 0 saturated heterocycles. The van der Waals surface area contributed by atoms with Crippen LogP contribution in [0.15, 0.2) is 22.7 Å². The Morgan fingerprint density at radius 2 is 1.94 bits per heavy atom. The summed E-state index contributed by atoms with van der Waals surface area (Å²) in [5.74, 6) is 1.73. The van der Waals surface area contributed by atoms with Gasteiger partial charge in [-0.25, -0.2) is 0 Å². The van der Waals surface area contributed by atoms with E-state index in [4.69, 9.17) is 0 Å². The highest BCUT2D eigenvalue weighted by atomic mass is 79.9. The van der Waals surface area contributed by atoms with Crippen molar-refractivity contribution in [3.8, 4) is 0 Å². The number of rotatable bonds is 2. The molecule has 0 spiro atoms. The van der Waals surface area contributed by atoms with Gasteiger partial charge in [-0.05, 0) is 61.8 Å². The van der Waals surface area contributed by atoms with Crippen molar-refractivity contribution in [2.24, 2.45) is 11.8 Å². The molecular weight excluding hydrogens is 274 g/mol. The molecule has 1 aliphatic rings. The minimum atomic E-state index is 0.654. The number of benzene rings is 1. The molecule has 2 rings (SSSR count). The van der Waals surface area contributed by atoms with Crippen molar-refractivity contribution in [2.75, 3.05) is 5.32 Å². The van der Waals surface area contributed by atoms with Gasteiger partial charge in [0.15, 0.2) is 0 Å². The van der Waals surface area contributed by atoms with E-state index in [9.17, 15) is 0 Å². The fourth-order valence-electron chi connectivity index (χ4n) is 2.69. The summed E-state index contributed by atoms with van der Waals surface area (Å²) in [6.45, 7) is 6.93. The second kappa shape index (κ2) is 5.43. The fraction of sp³-hybridized carbons (Fsp3) is 0.600. The van der Waals surface area contributed by atoms with E-state index in [2.05, 4.69) is 60.2 Å². The van der Waals surface area contributed by atoms with Crippen LogP contribution in [-0.4, -0.2) is 6.04 Å². The Morgan fingerprint density at radius 3 is 2.59 bits per heavy atom. The molecule has 1 fully saturated rings. The summed E-state index contributed by atoms with van der Waals surface area (Å²) in [4.78, 5) is 0. The lowest BCUT2D eigenvalue weighted by molar-refractivity contribution is 0.261. The van der Waals surface area contributed by atoms with Crippen LogP contribution in [0.25, 0.3) is 0 Å². The van der Waals surface area contributed by atoms with Gasteiger partial charge in [0, 0.05) is 16.2 Å². The Balaban J connectivity index is 2.01. The molecule has 1 saturated carbocycles. The van der Waals surface area contributed by atoms with Gasteiger partial charge in [-0.2, -0.15) is 0 Å². The van der Waals surface area contributed by atoms with Gasteiger partial charge in [0.05, 0.1) is 0 Å². The van der Waals surface area contributed by atoms with Crippen LogP contribution in [0, 0.1) is 18.8 Å². The number of aryl methyl sites for hydroxylation is 1. The highest BCUT2D eigenvalue weighted by Gasteiger charge is 2.24. The zero-order valence-electron chi connectivity index (χ0n) is 11.0. The summed E-state index contributed by atoms with van der Waals surface area (Å²) in [5, 5.41) is 3.71. The fourth-order valence-corrected chi connectivity index (χ4v) is 3.16. The first kappa shape index (κ1) is 12.9. The van der Waals surface area contributed by atoms with Crippen LogP contribution in [0.4, 0.5) is 5.69 Å². The standard InChI is InChI=1S/C15H22BrN/c1-10-4-6-14(9-11(10)2)17-15-7-5-13(16)8-12(15)3/h5,7-8,10-11,14,17H,4,6,9H2,1-3H3. The van der Waals surface area contributed by atoms with E-state index in [-0.39, 0.29) is 0 Å². The first-order chi connectivity index (χ1) is 8.06. The molecule has 0 aliphatic heterocycles. The molecule has 1 aromatic carbocycles. The van der Waals surface area contributed by atoms with Crippen LogP contribution in [0.5, 0.6) is 0 Å². The molecule has 0 amide bonds. The summed E-state index contributed by atoms with van der Waals surface area (Å²) >= 11 is 3.51. The van der Waals surface area contributed by atoms with Crippen LogP contribution in [0.2, 0.25) is 0 Å². The lowest BCUT2D eigenvalue weighted by Crippen LogP contribution is -2.30. The molecule has 1 nitrogen and oxygen atoms in total. The maximum absolute atomic E-state index is 3.71. The van der Waals surface area contributed by atoms with Crippen LogP contribution in [-0.2, 0) is 0 Å². The van der Waals surface area contributed by atoms with E-state index in [0.717, 1.165) is 16.3 Å². The molecule has 17 heavy (non-hydrogen) atoms. The topological polar surface area (TPSA) is 12.0 Å². The molecule has 2 heteroatoms. The zero-order chi connectivity index (χ0) is 12.4. The minimum absolute atomic E-state index is 0.654. The van der Waals surface area contributed by atoms with Gasteiger partial charge in [0.25, 0.3) is 0 Å². The van der Waals surface area contributed by atoms with Crippen LogP contribution < -0.4 is 5.32 Å². The Labute approximate surface area is 113 Å². The SMILES string of the molecule is Cc1cc(Br)ccc1NC1CCC(C)C(C)C1. The lowest BCUT2D eigenvalue weighted by atomic mass is 9.79. The van der Waals surface area contributed by atoms with Crippen LogP contribution >= 0.6 is 15.9 Å². The number of hydrogen-bond acceptors (Lipinski definition) is 1. The Hall–Kier alpha value is -0.500. The number of nitrogens with one attached hydrogen (secondary N) is 1. The van der Waals surface area contributed by atoms with E-state index >= 15 is 0 Å². The van der Waals surface area contributed by atoms with Gasteiger partial charge in [-0.1, -0.05) is 29.8 Å². The first-order valence-corrected chi connectivity index (χ1v) is 7.38. The van der Waals surface area contributed by atoms with E-state index in [0.29, 0.717) is 6.04 Å². The predicted molar refractivity (Wildman–Crippen MR) is 78.5 cm³/mol. The highest BCUT2D eigenvalue weighted by Crippen LogP contribution is 2.32. The van der Waals surface area contributed by atoms with Gasteiger partial charge in [-0.15, -0.1) is 0 Å². The average molecular weight is 296 g/mol. The number of anilines is 1. The van der Waals surface area contributed by atoms with E-state index in [1.54, 1.807) is 0 Å². The quantitative estimate of drug-likeness (QED) is 0.810. The zero-order valence-corrected chi connectivity index (χ0v) is 12.5. The summed E-state index contributed by atoms with van der Waals surface area (Å²) in [7, 11) is 0. The summed E-state index contributed by atoms with van der Waals surface area (Å²) in [5.41, 5.74) is 2.62. The maximum Gasteiger partial charge on any atom is 0.0372 e. The molecular formula is C15H22BrN. The minimum Gasteiger partial charge on any atom is -0.382 e. The molecule has 0 heterocycles. The molecule has 1 aromatic rings. The summed E-state index contributed by atoms with van der Waals surface area (Å²) < 4.78 is 1.16. The lowest BCUT2D eigenvalue weighted by Gasteiger charge is -2.33. The predicted octanol–water partition coefficient (Wildman–Crippen LogP) is 4.99. The van der Waals surface area contributed by atoms with Crippen molar-refractivity contribution < 1.29 is 0 Å². The van der Waals surface area contributed by atoms with E-state index in [1.807, 2.05) is 0 Å². The Bertz CT molecular complexity index is 389. The monoisotopic (exact) mass is 295 g/mol. The smallest absolute Gasteiger partial charge is 0.0372 e. The van der Waals surface area contributed by atoms with Gasteiger partial charge < -0.3 is 5.32 Å². The Kier molecular flexibility index (Phi) is 4.13. The van der Waals surface area contributed by atoms with Crippen molar-refractivity contribution in [3.05, 3.63) is 28.2 Å². The molecule has 0 bridgehead atoms. The van der Waals surface area contributed by atoms with Crippen molar-refractivity contribution in [1.29, 1.82) is 0 Å². The van der Waals surface area contributed by atoms with Crippen molar-refractivity contribution >= 4 is 21.6 Å². The molecule has 94 valence electrons. The van der Waals surface area contributed by atoms with Crippen molar-refractivity contribution in [1.82, 2.24) is 0 Å². The molecule has 3 atom stereocenters. The van der Waals surface area contributed by atoms with Gasteiger partial charge in [-0.3, -0.25) is 0 Å². The third kappa shape index (κ3) is 3.25. The maximum atomic E-state index is 3.71. The molecule has 1 N–H and O–H groups in total. The molecule has 1 aliphatic carbocycles. The first-order valence-electron chi connectivity index (χ1n) is 6.59. The Morgan fingerprint density at radius 1 is 1.18 bits per heavy atom. The third-order valence-electron chi connectivity index (χ3n) is 4.15.